The van der Waals surface area contributed by atoms with Crippen molar-refractivity contribution in [1.29, 1.82) is 0 Å². The second-order valence-electron chi connectivity index (χ2n) is 7.20. The van der Waals surface area contributed by atoms with Crippen LogP contribution in [0.15, 0.2) is 66.7 Å². The van der Waals surface area contributed by atoms with Crippen molar-refractivity contribution in [3.05, 3.63) is 83.4 Å². The molecule has 0 aliphatic rings. The van der Waals surface area contributed by atoms with E-state index in [-0.39, 0.29) is 5.92 Å². The van der Waals surface area contributed by atoms with E-state index >= 15 is 0 Å². The minimum atomic E-state index is -4.28. The molecule has 0 heterocycles. The number of alkyl halides is 3. The normalized spacial score (nSPS) is 13.0. The Morgan fingerprint density at radius 1 is 0.815 bits per heavy atom. The number of hydrogen-bond acceptors (Lipinski definition) is 0. The van der Waals surface area contributed by atoms with Gasteiger partial charge in [-0.15, -0.1) is 0 Å². The molecule has 3 rings (SSSR count). The summed E-state index contributed by atoms with van der Waals surface area (Å²) < 4.78 is 38.6. The molecule has 1 atom stereocenters. The van der Waals surface area contributed by atoms with E-state index in [0.29, 0.717) is 0 Å². The third-order valence-electron chi connectivity index (χ3n) is 5.16. The monoisotopic (exact) mass is 370 g/mol. The van der Waals surface area contributed by atoms with Crippen molar-refractivity contribution in [2.45, 2.75) is 51.1 Å². The molecule has 3 aromatic rings. The highest BCUT2D eigenvalue weighted by Gasteiger charge is 2.30. The van der Waals surface area contributed by atoms with Gasteiger partial charge in [-0.2, -0.15) is 13.2 Å². The molecule has 0 aliphatic heterocycles. The predicted molar refractivity (Wildman–Crippen MR) is 106 cm³/mol. The lowest BCUT2D eigenvalue weighted by molar-refractivity contribution is -0.137. The van der Waals surface area contributed by atoms with Crippen LogP contribution < -0.4 is 0 Å². The molecule has 0 saturated carbocycles. The smallest absolute Gasteiger partial charge is 0.166 e. The van der Waals surface area contributed by atoms with E-state index in [9.17, 15) is 13.2 Å². The summed E-state index contributed by atoms with van der Waals surface area (Å²) in [6.07, 6.45) is 0.931. The van der Waals surface area contributed by atoms with E-state index < -0.39 is 11.7 Å². The van der Waals surface area contributed by atoms with Crippen LogP contribution in [0.4, 0.5) is 13.2 Å². The van der Waals surface area contributed by atoms with Gasteiger partial charge in [0.15, 0.2) is 0 Å². The Morgan fingerprint density at radius 2 is 1.52 bits per heavy atom. The van der Waals surface area contributed by atoms with Crippen molar-refractivity contribution in [1.82, 2.24) is 0 Å². The van der Waals surface area contributed by atoms with E-state index in [1.807, 2.05) is 12.1 Å². The zero-order valence-corrected chi connectivity index (χ0v) is 15.6. The van der Waals surface area contributed by atoms with Crippen LogP contribution >= 0.6 is 0 Å². The fraction of sp³-hybridized carbons (Fsp3) is 0.333. The Kier molecular flexibility index (Phi) is 6.20. The van der Waals surface area contributed by atoms with Crippen molar-refractivity contribution in [2.75, 3.05) is 0 Å². The third kappa shape index (κ3) is 5.12. The van der Waals surface area contributed by atoms with Crippen molar-refractivity contribution in [2.24, 2.45) is 0 Å². The number of fused-ring (bicyclic) bond motifs is 1. The van der Waals surface area contributed by atoms with Crippen molar-refractivity contribution in [3.8, 4) is 0 Å². The van der Waals surface area contributed by atoms with Crippen LogP contribution in [0.3, 0.4) is 0 Å². The molecular weight excluding hydrogens is 345 g/mol. The quantitative estimate of drug-likeness (QED) is 0.373. The van der Waals surface area contributed by atoms with Crippen LogP contribution in [0.25, 0.3) is 10.8 Å². The molecule has 0 spiro atoms. The Hall–Kier alpha value is -2.29. The SMILES string of the molecule is CCCCCC(Cc1ccc2ccccc2c1)c1ccc(C(F)(F)F)cc1. The summed E-state index contributed by atoms with van der Waals surface area (Å²) in [7, 11) is 0. The maximum atomic E-state index is 12.9. The van der Waals surface area contributed by atoms with Gasteiger partial charge in [-0.25, -0.2) is 0 Å². The van der Waals surface area contributed by atoms with Gasteiger partial charge in [0.05, 0.1) is 5.56 Å². The van der Waals surface area contributed by atoms with E-state index in [0.717, 1.165) is 37.7 Å². The van der Waals surface area contributed by atoms with Gasteiger partial charge in [0.25, 0.3) is 0 Å². The predicted octanol–water partition coefficient (Wildman–Crippen LogP) is 7.77. The molecule has 0 N–H and O–H groups in total. The van der Waals surface area contributed by atoms with Crippen LogP contribution in [0, 0.1) is 0 Å². The first kappa shape index (κ1) is 19.5. The maximum absolute atomic E-state index is 12.9. The van der Waals surface area contributed by atoms with Crippen molar-refractivity contribution in [3.63, 3.8) is 0 Å². The summed E-state index contributed by atoms with van der Waals surface area (Å²) in [4.78, 5) is 0. The molecular formula is C24H25F3. The van der Waals surface area contributed by atoms with Crippen LogP contribution in [-0.2, 0) is 12.6 Å². The number of rotatable bonds is 7. The molecule has 0 amide bonds. The number of benzene rings is 3. The van der Waals surface area contributed by atoms with Gasteiger partial charge in [-0.3, -0.25) is 0 Å². The molecule has 0 fully saturated rings. The molecule has 27 heavy (non-hydrogen) atoms. The first-order valence-corrected chi connectivity index (χ1v) is 9.62. The van der Waals surface area contributed by atoms with Gasteiger partial charge in [-0.1, -0.05) is 80.8 Å². The summed E-state index contributed by atoms with van der Waals surface area (Å²) >= 11 is 0. The van der Waals surface area contributed by atoms with Crippen LogP contribution in [0.2, 0.25) is 0 Å². The van der Waals surface area contributed by atoms with Crippen LogP contribution in [0.5, 0.6) is 0 Å². The first-order chi connectivity index (χ1) is 13.0. The number of unbranched alkanes of at least 4 members (excludes halogenated alkanes) is 2. The van der Waals surface area contributed by atoms with Crippen molar-refractivity contribution < 1.29 is 13.2 Å². The molecule has 1 unspecified atom stereocenters. The molecule has 0 aliphatic carbocycles. The molecule has 0 saturated heterocycles. The summed E-state index contributed by atoms with van der Waals surface area (Å²) in [6.45, 7) is 2.16. The van der Waals surface area contributed by atoms with Gasteiger partial charge < -0.3 is 0 Å². The number of halogens is 3. The molecule has 142 valence electrons. The van der Waals surface area contributed by atoms with E-state index in [1.54, 1.807) is 12.1 Å². The average Bonchev–Trinajstić information content (AvgIpc) is 2.67. The summed E-state index contributed by atoms with van der Waals surface area (Å²) in [5, 5.41) is 2.41. The van der Waals surface area contributed by atoms with Gasteiger partial charge >= 0.3 is 6.18 Å². The Morgan fingerprint density at radius 3 is 2.19 bits per heavy atom. The average molecular weight is 370 g/mol. The summed E-state index contributed by atoms with van der Waals surface area (Å²) in [5.41, 5.74) is 1.65. The van der Waals surface area contributed by atoms with Crippen molar-refractivity contribution >= 4 is 10.8 Å². The standard InChI is InChI=1S/C24H25F3/c1-2-3-4-8-22(20-12-14-23(15-13-20)24(25,26)27)17-18-10-11-19-7-5-6-9-21(19)16-18/h5-7,9-16,22H,2-4,8,17H2,1H3. The molecule has 0 nitrogen and oxygen atoms in total. The second kappa shape index (κ2) is 8.60. The maximum Gasteiger partial charge on any atom is 0.416 e. The summed E-state index contributed by atoms with van der Waals surface area (Å²) in [6, 6.07) is 20.4. The molecule has 0 aromatic heterocycles. The highest BCUT2D eigenvalue weighted by molar-refractivity contribution is 5.83. The van der Waals surface area contributed by atoms with Crippen LogP contribution in [-0.4, -0.2) is 0 Å². The highest BCUT2D eigenvalue weighted by Crippen LogP contribution is 2.33. The van der Waals surface area contributed by atoms with Gasteiger partial charge in [0, 0.05) is 0 Å². The Labute approximate surface area is 159 Å². The first-order valence-electron chi connectivity index (χ1n) is 9.62. The minimum Gasteiger partial charge on any atom is -0.166 e. The summed E-state index contributed by atoms with van der Waals surface area (Å²) in [5.74, 6) is 0.236. The van der Waals surface area contributed by atoms with E-state index in [2.05, 4.69) is 37.3 Å². The van der Waals surface area contributed by atoms with Gasteiger partial charge in [0.2, 0.25) is 0 Å². The lowest BCUT2D eigenvalue weighted by Gasteiger charge is -2.19. The number of hydrogen-bond donors (Lipinski definition) is 0. The lowest BCUT2D eigenvalue weighted by Crippen LogP contribution is -2.07. The molecule has 0 radical (unpaired) electrons. The van der Waals surface area contributed by atoms with Gasteiger partial charge in [-0.05, 0) is 52.8 Å². The van der Waals surface area contributed by atoms with Crippen LogP contribution in [0.1, 0.15) is 55.2 Å². The van der Waals surface area contributed by atoms with E-state index in [1.165, 1.54) is 28.5 Å². The minimum absolute atomic E-state index is 0.236. The molecule has 3 heteroatoms. The Bertz CT molecular complexity index is 863. The zero-order valence-electron chi connectivity index (χ0n) is 15.6. The van der Waals surface area contributed by atoms with E-state index in [4.69, 9.17) is 0 Å². The van der Waals surface area contributed by atoms with Gasteiger partial charge in [0.1, 0.15) is 0 Å². The largest absolute Gasteiger partial charge is 0.416 e. The topological polar surface area (TPSA) is 0 Å². The Balaban J connectivity index is 1.83. The molecule has 0 bridgehead atoms. The second-order valence-corrected chi connectivity index (χ2v) is 7.20. The zero-order chi connectivity index (χ0) is 19.3. The highest BCUT2D eigenvalue weighted by atomic mass is 19.4. The third-order valence-corrected chi connectivity index (χ3v) is 5.16. The molecule has 3 aromatic carbocycles. The lowest BCUT2D eigenvalue weighted by atomic mass is 9.86. The fourth-order valence-corrected chi connectivity index (χ4v) is 3.62. The fourth-order valence-electron chi connectivity index (χ4n) is 3.62.